The van der Waals surface area contributed by atoms with E-state index in [1.807, 2.05) is 0 Å². The van der Waals surface area contributed by atoms with Gasteiger partial charge in [-0.3, -0.25) is 0 Å². The molecule has 2 unspecified atom stereocenters. The molecule has 0 saturated carbocycles. The summed E-state index contributed by atoms with van der Waals surface area (Å²) in [7, 11) is 0. The van der Waals surface area contributed by atoms with Gasteiger partial charge in [0.05, 0.1) is 6.61 Å². The normalized spacial score (nSPS) is 21.3. The first-order valence-corrected chi connectivity index (χ1v) is 6.57. The standard InChI is InChI=1S/C15H23NO/c1-10-7-11(2)15-13(12(3)9-16)5-4-6-17-14(15)8-10/h7-8,12-13H,4-6,9,16H2,1-3H3. The highest BCUT2D eigenvalue weighted by molar-refractivity contribution is 5.46. The fraction of sp³-hybridized carbons (Fsp3) is 0.600. The predicted octanol–water partition coefficient (Wildman–Crippen LogP) is 3.15. The van der Waals surface area contributed by atoms with Crippen LogP contribution < -0.4 is 10.5 Å². The van der Waals surface area contributed by atoms with E-state index in [2.05, 4.69) is 32.9 Å². The first kappa shape index (κ1) is 12.4. The summed E-state index contributed by atoms with van der Waals surface area (Å²) >= 11 is 0. The van der Waals surface area contributed by atoms with Crippen molar-refractivity contribution in [2.45, 2.75) is 39.5 Å². The molecule has 94 valence electrons. The van der Waals surface area contributed by atoms with Crippen molar-refractivity contribution in [3.63, 3.8) is 0 Å². The number of ether oxygens (including phenoxy) is 1. The maximum Gasteiger partial charge on any atom is 0.123 e. The molecule has 1 aliphatic heterocycles. The molecule has 0 bridgehead atoms. The predicted molar refractivity (Wildman–Crippen MR) is 71.6 cm³/mol. The molecule has 0 fully saturated rings. The molecule has 2 atom stereocenters. The molecule has 2 N–H and O–H groups in total. The Kier molecular flexibility index (Phi) is 3.72. The van der Waals surface area contributed by atoms with Gasteiger partial charge in [0.2, 0.25) is 0 Å². The van der Waals surface area contributed by atoms with Crippen molar-refractivity contribution >= 4 is 0 Å². The first-order valence-electron chi connectivity index (χ1n) is 6.57. The number of fused-ring (bicyclic) bond motifs is 1. The van der Waals surface area contributed by atoms with Gasteiger partial charge in [0.25, 0.3) is 0 Å². The van der Waals surface area contributed by atoms with E-state index in [1.54, 1.807) is 0 Å². The van der Waals surface area contributed by atoms with E-state index in [1.165, 1.54) is 23.1 Å². The van der Waals surface area contributed by atoms with E-state index in [0.29, 0.717) is 11.8 Å². The molecule has 2 heteroatoms. The molecular formula is C15H23NO. The third-order valence-electron chi connectivity index (χ3n) is 3.84. The van der Waals surface area contributed by atoms with Crippen molar-refractivity contribution < 1.29 is 4.74 Å². The summed E-state index contributed by atoms with van der Waals surface area (Å²) in [6.45, 7) is 8.15. The molecule has 0 saturated heterocycles. The van der Waals surface area contributed by atoms with E-state index in [0.717, 1.165) is 25.3 Å². The topological polar surface area (TPSA) is 35.2 Å². The number of hydrogen-bond acceptors (Lipinski definition) is 2. The largest absolute Gasteiger partial charge is 0.493 e. The summed E-state index contributed by atoms with van der Waals surface area (Å²) in [6, 6.07) is 4.42. The fourth-order valence-corrected chi connectivity index (χ4v) is 2.90. The summed E-state index contributed by atoms with van der Waals surface area (Å²) in [5, 5.41) is 0. The average molecular weight is 233 g/mol. The van der Waals surface area contributed by atoms with Crippen LogP contribution in [0.5, 0.6) is 5.75 Å². The van der Waals surface area contributed by atoms with Crippen LogP contribution in [0.3, 0.4) is 0 Å². The Morgan fingerprint density at radius 3 is 2.88 bits per heavy atom. The molecule has 1 aliphatic rings. The fourth-order valence-electron chi connectivity index (χ4n) is 2.90. The SMILES string of the molecule is Cc1cc(C)c2c(c1)OCCCC2C(C)CN. The van der Waals surface area contributed by atoms with E-state index >= 15 is 0 Å². The lowest BCUT2D eigenvalue weighted by Crippen LogP contribution is -2.19. The molecule has 0 aromatic heterocycles. The average Bonchev–Trinajstić information content (AvgIpc) is 2.50. The van der Waals surface area contributed by atoms with Gasteiger partial charge in [-0.15, -0.1) is 0 Å². The number of benzene rings is 1. The molecule has 0 aliphatic carbocycles. The van der Waals surface area contributed by atoms with Crippen molar-refractivity contribution in [1.82, 2.24) is 0 Å². The van der Waals surface area contributed by atoms with Crippen molar-refractivity contribution in [2.75, 3.05) is 13.2 Å². The zero-order valence-corrected chi connectivity index (χ0v) is 11.1. The number of aryl methyl sites for hydroxylation is 2. The maximum atomic E-state index is 5.89. The number of rotatable bonds is 2. The van der Waals surface area contributed by atoms with Gasteiger partial charge in [0.1, 0.15) is 5.75 Å². The zero-order valence-electron chi connectivity index (χ0n) is 11.1. The lowest BCUT2D eigenvalue weighted by Gasteiger charge is -2.24. The zero-order chi connectivity index (χ0) is 12.4. The molecule has 2 nitrogen and oxygen atoms in total. The van der Waals surface area contributed by atoms with Gasteiger partial charge < -0.3 is 10.5 Å². The molecule has 1 heterocycles. The molecule has 1 aromatic carbocycles. The molecule has 0 spiro atoms. The lowest BCUT2D eigenvalue weighted by atomic mass is 9.81. The Morgan fingerprint density at radius 1 is 1.41 bits per heavy atom. The van der Waals surface area contributed by atoms with Crippen LogP contribution >= 0.6 is 0 Å². The van der Waals surface area contributed by atoms with Crippen molar-refractivity contribution in [3.8, 4) is 5.75 Å². The van der Waals surface area contributed by atoms with Crippen LogP contribution in [0.1, 0.15) is 42.4 Å². The highest BCUT2D eigenvalue weighted by atomic mass is 16.5. The van der Waals surface area contributed by atoms with Gasteiger partial charge in [0, 0.05) is 5.56 Å². The minimum absolute atomic E-state index is 0.525. The second-order valence-corrected chi connectivity index (χ2v) is 5.30. The summed E-state index contributed by atoms with van der Waals surface area (Å²) in [4.78, 5) is 0. The van der Waals surface area contributed by atoms with Crippen LogP contribution in [0.2, 0.25) is 0 Å². The third-order valence-corrected chi connectivity index (χ3v) is 3.84. The van der Waals surface area contributed by atoms with Gasteiger partial charge in [-0.2, -0.15) is 0 Å². The summed E-state index contributed by atoms with van der Waals surface area (Å²) in [6.07, 6.45) is 2.32. The van der Waals surface area contributed by atoms with Gasteiger partial charge in [-0.1, -0.05) is 13.0 Å². The summed E-state index contributed by atoms with van der Waals surface area (Å²) in [5.41, 5.74) is 9.88. The van der Waals surface area contributed by atoms with Gasteiger partial charge in [-0.05, 0) is 62.3 Å². The molecule has 0 radical (unpaired) electrons. The quantitative estimate of drug-likeness (QED) is 0.851. The minimum Gasteiger partial charge on any atom is -0.493 e. The molecular weight excluding hydrogens is 210 g/mol. The van der Waals surface area contributed by atoms with Crippen molar-refractivity contribution in [3.05, 3.63) is 28.8 Å². The van der Waals surface area contributed by atoms with Gasteiger partial charge in [0.15, 0.2) is 0 Å². The van der Waals surface area contributed by atoms with Crippen LogP contribution in [0.4, 0.5) is 0 Å². The monoisotopic (exact) mass is 233 g/mol. The number of nitrogens with two attached hydrogens (primary N) is 1. The molecule has 17 heavy (non-hydrogen) atoms. The smallest absolute Gasteiger partial charge is 0.123 e. The first-order chi connectivity index (χ1) is 8.13. The highest BCUT2D eigenvalue weighted by Gasteiger charge is 2.25. The minimum atomic E-state index is 0.525. The Hall–Kier alpha value is -1.02. The number of hydrogen-bond donors (Lipinski definition) is 1. The summed E-state index contributed by atoms with van der Waals surface area (Å²) < 4.78 is 5.89. The van der Waals surface area contributed by atoms with E-state index in [9.17, 15) is 0 Å². The Bertz CT molecular complexity index is 400. The van der Waals surface area contributed by atoms with Crippen LogP contribution in [0, 0.1) is 19.8 Å². The van der Waals surface area contributed by atoms with Crippen molar-refractivity contribution in [2.24, 2.45) is 11.7 Å². The van der Waals surface area contributed by atoms with Gasteiger partial charge in [-0.25, -0.2) is 0 Å². The lowest BCUT2D eigenvalue weighted by molar-refractivity contribution is 0.314. The van der Waals surface area contributed by atoms with Crippen molar-refractivity contribution in [1.29, 1.82) is 0 Å². The Labute approximate surface area is 104 Å². The molecule has 1 aromatic rings. The van der Waals surface area contributed by atoms with Crippen LogP contribution in [0.25, 0.3) is 0 Å². The van der Waals surface area contributed by atoms with Crippen LogP contribution in [-0.4, -0.2) is 13.2 Å². The summed E-state index contributed by atoms with van der Waals surface area (Å²) in [5.74, 6) is 2.17. The Morgan fingerprint density at radius 2 is 2.18 bits per heavy atom. The van der Waals surface area contributed by atoms with E-state index < -0.39 is 0 Å². The van der Waals surface area contributed by atoms with Gasteiger partial charge >= 0.3 is 0 Å². The van der Waals surface area contributed by atoms with E-state index in [-0.39, 0.29) is 0 Å². The second kappa shape index (κ2) is 5.09. The molecule has 2 rings (SSSR count). The highest BCUT2D eigenvalue weighted by Crippen LogP contribution is 2.40. The second-order valence-electron chi connectivity index (χ2n) is 5.30. The third kappa shape index (κ3) is 2.47. The maximum absolute atomic E-state index is 5.89. The van der Waals surface area contributed by atoms with Crippen LogP contribution in [0.15, 0.2) is 12.1 Å². The van der Waals surface area contributed by atoms with Crippen LogP contribution in [-0.2, 0) is 0 Å². The van der Waals surface area contributed by atoms with E-state index in [4.69, 9.17) is 10.5 Å². The molecule has 0 amide bonds. The Balaban J connectivity index is 2.47.